The van der Waals surface area contributed by atoms with Gasteiger partial charge in [0.2, 0.25) is 0 Å². The van der Waals surface area contributed by atoms with Gasteiger partial charge in [-0.05, 0) is 6.42 Å². The van der Waals surface area contributed by atoms with Crippen LogP contribution in [0.2, 0.25) is 0 Å². The van der Waals surface area contributed by atoms with E-state index in [0.29, 0.717) is 11.7 Å². The van der Waals surface area contributed by atoms with Gasteiger partial charge in [-0.3, -0.25) is 0 Å². The van der Waals surface area contributed by atoms with Gasteiger partial charge >= 0.3 is 0 Å². The highest BCUT2D eigenvalue weighted by atomic mass is 19.2. The van der Waals surface area contributed by atoms with E-state index in [4.69, 9.17) is 0 Å². The van der Waals surface area contributed by atoms with Crippen LogP contribution in [0.25, 0.3) is 0 Å². The monoisotopic (exact) mass is 91.1 g/mol. The smallest absolute Gasteiger partial charge is 0.0284 e. The summed E-state index contributed by atoms with van der Waals surface area (Å²) < 4.78 is 11.5. The molecule has 0 amide bonds. The second-order valence-electron chi connectivity index (χ2n) is 1.33. The molecule has 0 heterocycles. The van der Waals surface area contributed by atoms with Crippen molar-refractivity contribution in [2.75, 3.05) is 13.6 Å². The summed E-state index contributed by atoms with van der Waals surface area (Å²) in [7, 11) is 1.42. The second kappa shape index (κ2) is 3.09. The first kappa shape index (κ1) is 5.89. The maximum atomic E-state index is 11.5. The summed E-state index contributed by atoms with van der Waals surface area (Å²) >= 11 is 0. The molecule has 0 bridgehead atoms. The molecule has 0 aliphatic rings. The van der Waals surface area contributed by atoms with Gasteiger partial charge in [0, 0.05) is 13.6 Å². The third kappa shape index (κ3) is 3.89. The Hall–Kier alpha value is -0.110. The molecule has 1 nitrogen and oxygen atoms in total. The highest BCUT2D eigenvalue weighted by Gasteiger charge is 1.84. The van der Waals surface area contributed by atoms with Crippen LogP contribution in [0.5, 0.6) is 0 Å². The first-order chi connectivity index (χ1) is 2.77. The predicted molar refractivity (Wildman–Crippen MR) is 24.0 cm³/mol. The molecule has 0 aromatic rings. The lowest BCUT2D eigenvalue weighted by molar-refractivity contribution is 0.0605. The van der Waals surface area contributed by atoms with Crippen molar-refractivity contribution in [3.8, 4) is 0 Å². The molecular formula is C4H10FN. The topological polar surface area (TPSA) is 3.24 Å². The summed E-state index contributed by atoms with van der Waals surface area (Å²) in [5.41, 5.74) is 0. The third-order valence-corrected chi connectivity index (χ3v) is 0.532. The molecule has 0 aliphatic carbocycles. The molecule has 2 heteroatoms. The van der Waals surface area contributed by atoms with Gasteiger partial charge in [-0.2, -0.15) is 0 Å². The fourth-order valence-electron chi connectivity index (χ4n) is 0.308. The molecule has 0 aliphatic heterocycles. The summed E-state index contributed by atoms with van der Waals surface area (Å²) in [5, 5.41) is 0.681. The van der Waals surface area contributed by atoms with Crippen molar-refractivity contribution in [1.82, 2.24) is 5.12 Å². The van der Waals surface area contributed by atoms with Gasteiger partial charge in [0.15, 0.2) is 0 Å². The molecule has 0 aromatic heterocycles. The Balaban J connectivity index is 2.63. The van der Waals surface area contributed by atoms with Gasteiger partial charge < -0.3 is 0 Å². The minimum Gasteiger partial charge on any atom is -0.149 e. The molecule has 0 N–H and O–H groups in total. The molecule has 0 radical (unpaired) electrons. The first-order valence-electron chi connectivity index (χ1n) is 2.14. The van der Waals surface area contributed by atoms with E-state index in [1.165, 1.54) is 7.05 Å². The van der Waals surface area contributed by atoms with E-state index in [2.05, 4.69) is 0 Å². The Morgan fingerprint density at radius 1 is 1.67 bits per heavy atom. The Morgan fingerprint density at radius 3 is 2.17 bits per heavy atom. The zero-order valence-corrected chi connectivity index (χ0v) is 4.24. The SMILES string of the molecule is CCCN(C)F. The van der Waals surface area contributed by atoms with E-state index < -0.39 is 0 Å². The summed E-state index contributed by atoms with van der Waals surface area (Å²) in [6.45, 7) is 2.48. The van der Waals surface area contributed by atoms with E-state index in [1.54, 1.807) is 0 Å². The molecule has 0 spiro atoms. The van der Waals surface area contributed by atoms with Crippen LogP contribution in [0.4, 0.5) is 4.48 Å². The Kier molecular flexibility index (Phi) is 3.04. The Morgan fingerprint density at radius 2 is 2.17 bits per heavy atom. The molecule has 0 rings (SSSR count). The van der Waals surface area contributed by atoms with Crippen LogP contribution in [0, 0.1) is 0 Å². The lowest BCUT2D eigenvalue weighted by Crippen LogP contribution is -2.05. The fraction of sp³-hybridized carbons (Fsp3) is 1.00. The Bertz CT molecular complexity index is 28.7. The largest absolute Gasteiger partial charge is 0.149 e. The average Bonchev–Trinajstić information content (AvgIpc) is 1.35. The van der Waals surface area contributed by atoms with Crippen LogP contribution in [0.1, 0.15) is 13.3 Å². The van der Waals surface area contributed by atoms with Crippen LogP contribution in [0.3, 0.4) is 0 Å². The second-order valence-corrected chi connectivity index (χ2v) is 1.33. The third-order valence-electron chi connectivity index (χ3n) is 0.532. The number of hydrogen-bond donors (Lipinski definition) is 0. The summed E-state index contributed by atoms with van der Waals surface area (Å²) in [6, 6.07) is 0. The molecule has 0 unspecified atom stereocenters. The van der Waals surface area contributed by atoms with Crippen LogP contribution in [-0.4, -0.2) is 18.7 Å². The highest BCUT2D eigenvalue weighted by molar-refractivity contribution is 4.27. The standard InChI is InChI=1S/C4H10FN/c1-3-4-6(2)5/h3-4H2,1-2H3. The maximum Gasteiger partial charge on any atom is 0.0284 e. The van der Waals surface area contributed by atoms with E-state index in [9.17, 15) is 4.48 Å². The number of halogens is 1. The van der Waals surface area contributed by atoms with Crippen molar-refractivity contribution in [3.63, 3.8) is 0 Å². The average molecular weight is 91.1 g/mol. The molecule has 0 atom stereocenters. The van der Waals surface area contributed by atoms with Gasteiger partial charge in [-0.15, -0.1) is 9.60 Å². The van der Waals surface area contributed by atoms with Crippen LogP contribution in [0.15, 0.2) is 0 Å². The molecule has 0 fully saturated rings. The number of nitrogens with zero attached hydrogens (tertiary/aromatic N) is 1. The van der Waals surface area contributed by atoms with Crippen molar-refractivity contribution in [3.05, 3.63) is 0 Å². The lowest BCUT2D eigenvalue weighted by Gasteiger charge is -1.97. The Labute approximate surface area is 37.7 Å². The summed E-state index contributed by atoms with van der Waals surface area (Å²) in [6.07, 6.45) is 0.882. The van der Waals surface area contributed by atoms with Crippen molar-refractivity contribution in [2.45, 2.75) is 13.3 Å². The maximum absolute atomic E-state index is 11.5. The molecule has 38 valence electrons. The zero-order valence-electron chi connectivity index (χ0n) is 4.24. The molecule has 0 saturated carbocycles. The molecular weight excluding hydrogens is 81.0 g/mol. The van der Waals surface area contributed by atoms with Crippen molar-refractivity contribution >= 4 is 0 Å². The van der Waals surface area contributed by atoms with Gasteiger partial charge in [0.1, 0.15) is 0 Å². The summed E-state index contributed by atoms with van der Waals surface area (Å²) in [4.78, 5) is 0. The normalized spacial score (nSPS) is 10.0. The van der Waals surface area contributed by atoms with Crippen molar-refractivity contribution in [2.24, 2.45) is 0 Å². The van der Waals surface area contributed by atoms with Crippen molar-refractivity contribution < 1.29 is 4.48 Å². The van der Waals surface area contributed by atoms with Gasteiger partial charge in [-0.25, -0.2) is 0 Å². The summed E-state index contributed by atoms with van der Waals surface area (Å²) in [5.74, 6) is 0. The van der Waals surface area contributed by atoms with Gasteiger partial charge in [-0.1, -0.05) is 6.92 Å². The predicted octanol–water partition coefficient (Wildman–Crippen LogP) is 1.21. The fourth-order valence-corrected chi connectivity index (χ4v) is 0.308. The zero-order chi connectivity index (χ0) is 4.99. The van der Waals surface area contributed by atoms with Crippen LogP contribution in [-0.2, 0) is 0 Å². The van der Waals surface area contributed by atoms with E-state index in [0.717, 1.165) is 6.42 Å². The van der Waals surface area contributed by atoms with E-state index in [-0.39, 0.29) is 0 Å². The van der Waals surface area contributed by atoms with Crippen molar-refractivity contribution in [1.29, 1.82) is 0 Å². The lowest BCUT2D eigenvalue weighted by atomic mass is 10.5. The first-order valence-corrected chi connectivity index (χ1v) is 2.14. The van der Waals surface area contributed by atoms with Gasteiger partial charge in [0.05, 0.1) is 0 Å². The molecule has 6 heavy (non-hydrogen) atoms. The van der Waals surface area contributed by atoms with Gasteiger partial charge in [0.25, 0.3) is 0 Å². The van der Waals surface area contributed by atoms with Crippen LogP contribution < -0.4 is 0 Å². The highest BCUT2D eigenvalue weighted by Crippen LogP contribution is 1.82. The molecule has 0 aromatic carbocycles. The van der Waals surface area contributed by atoms with Crippen LogP contribution >= 0.6 is 0 Å². The quantitative estimate of drug-likeness (QED) is 0.462. The molecule has 0 saturated heterocycles. The minimum absolute atomic E-state index is 0.542. The number of hydrogen-bond acceptors (Lipinski definition) is 1. The number of rotatable bonds is 2. The van der Waals surface area contributed by atoms with E-state index in [1.807, 2.05) is 6.92 Å². The minimum atomic E-state index is 0.542. The van der Waals surface area contributed by atoms with E-state index >= 15 is 0 Å².